The SMILES string of the molecule is Cc1nn(CCNC(=O)c2ccc(C(F)(F)F)nc2)c(C)c1-c1ccsc1. The maximum atomic E-state index is 12.5. The average molecular weight is 394 g/mol. The van der Waals surface area contributed by atoms with Crippen LogP contribution in [0.3, 0.4) is 0 Å². The van der Waals surface area contributed by atoms with Crippen LogP contribution in [-0.4, -0.2) is 27.2 Å². The summed E-state index contributed by atoms with van der Waals surface area (Å²) >= 11 is 1.61. The number of aryl methyl sites for hydroxylation is 1. The lowest BCUT2D eigenvalue weighted by atomic mass is 10.1. The molecule has 0 radical (unpaired) electrons. The molecule has 0 fully saturated rings. The van der Waals surface area contributed by atoms with Crippen LogP contribution in [0, 0.1) is 13.8 Å². The van der Waals surface area contributed by atoms with Gasteiger partial charge in [0.25, 0.3) is 5.91 Å². The number of pyridine rings is 1. The van der Waals surface area contributed by atoms with E-state index < -0.39 is 17.8 Å². The lowest BCUT2D eigenvalue weighted by Crippen LogP contribution is -2.28. The molecule has 0 bridgehead atoms. The highest BCUT2D eigenvalue weighted by Crippen LogP contribution is 2.29. The van der Waals surface area contributed by atoms with Gasteiger partial charge in [-0.25, -0.2) is 0 Å². The van der Waals surface area contributed by atoms with E-state index in [1.807, 2.05) is 30.0 Å². The number of hydrogen-bond donors (Lipinski definition) is 1. The zero-order chi connectivity index (χ0) is 19.6. The third-order valence-electron chi connectivity index (χ3n) is 4.12. The number of halogens is 3. The molecular weight excluding hydrogens is 377 g/mol. The minimum atomic E-state index is -4.52. The Hall–Kier alpha value is -2.68. The standard InChI is InChI=1S/C18H17F3N4OS/c1-11-16(14-5-8-27-10-14)12(2)25(24-11)7-6-22-17(26)13-3-4-15(23-9-13)18(19,20)21/h3-5,8-10H,6-7H2,1-2H3,(H,22,26). The van der Waals surface area contributed by atoms with Crippen LogP contribution >= 0.6 is 11.3 Å². The van der Waals surface area contributed by atoms with Crippen LogP contribution in [0.15, 0.2) is 35.2 Å². The van der Waals surface area contributed by atoms with Crippen LogP contribution < -0.4 is 5.32 Å². The zero-order valence-corrected chi connectivity index (χ0v) is 15.5. The first kappa shape index (κ1) is 19.1. The van der Waals surface area contributed by atoms with Gasteiger partial charge in [0, 0.05) is 24.0 Å². The smallest absolute Gasteiger partial charge is 0.350 e. The van der Waals surface area contributed by atoms with Gasteiger partial charge in [-0.3, -0.25) is 14.5 Å². The third-order valence-corrected chi connectivity index (χ3v) is 4.80. The Morgan fingerprint density at radius 3 is 2.63 bits per heavy atom. The summed E-state index contributed by atoms with van der Waals surface area (Å²) in [6.07, 6.45) is -3.60. The number of rotatable bonds is 5. The first-order valence-electron chi connectivity index (χ1n) is 8.15. The summed E-state index contributed by atoms with van der Waals surface area (Å²) < 4.78 is 39.4. The van der Waals surface area contributed by atoms with Crippen molar-refractivity contribution < 1.29 is 18.0 Å². The van der Waals surface area contributed by atoms with Crippen molar-refractivity contribution in [1.82, 2.24) is 20.1 Å². The molecule has 3 heterocycles. The van der Waals surface area contributed by atoms with Crippen LogP contribution in [0.4, 0.5) is 13.2 Å². The molecule has 1 N–H and O–H groups in total. The van der Waals surface area contributed by atoms with Crippen molar-refractivity contribution in [3.63, 3.8) is 0 Å². The number of carbonyl (C=O) groups is 1. The first-order chi connectivity index (χ1) is 12.8. The molecule has 0 saturated carbocycles. The Bertz CT molecular complexity index is 931. The molecule has 0 aromatic carbocycles. The minimum Gasteiger partial charge on any atom is -0.350 e. The second-order valence-electron chi connectivity index (χ2n) is 5.97. The van der Waals surface area contributed by atoms with E-state index in [9.17, 15) is 18.0 Å². The summed E-state index contributed by atoms with van der Waals surface area (Å²) in [6.45, 7) is 4.65. The van der Waals surface area contributed by atoms with Gasteiger partial charge in [0.2, 0.25) is 0 Å². The molecule has 27 heavy (non-hydrogen) atoms. The van der Waals surface area contributed by atoms with Crippen LogP contribution in [0.1, 0.15) is 27.4 Å². The van der Waals surface area contributed by atoms with Crippen molar-refractivity contribution in [3.8, 4) is 11.1 Å². The average Bonchev–Trinajstić information content (AvgIpc) is 3.22. The molecule has 0 aliphatic rings. The Balaban J connectivity index is 1.62. The number of nitrogens with one attached hydrogen (secondary N) is 1. The molecular formula is C18H17F3N4OS. The topological polar surface area (TPSA) is 59.8 Å². The van der Waals surface area contributed by atoms with E-state index in [-0.39, 0.29) is 5.56 Å². The molecule has 9 heteroatoms. The van der Waals surface area contributed by atoms with Crippen LogP contribution in [-0.2, 0) is 12.7 Å². The van der Waals surface area contributed by atoms with Crippen molar-refractivity contribution in [2.75, 3.05) is 6.54 Å². The fraction of sp³-hybridized carbons (Fsp3) is 0.278. The molecule has 3 rings (SSSR count). The van der Waals surface area contributed by atoms with E-state index >= 15 is 0 Å². The second kappa shape index (κ2) is 7.51. The molecule has 0 aliphatic heterocycles. The van der Waals surface area contributed by atoms with Gasteiger partial charge in [-0.05, 0) is 48.4 Å². The van der Waals surface area contributed by atoms with Gasteiger partial charge < -0.3 is 5.32 Å². The number of thiophene rings is 1. The summed E-state index contributed by atoms with van der Waals surface area (Å²) in [4.78, 5) is 15.4. The van der Waals surface area contributed by atoms with Crippen molar-refractivity contribution in [2.24, 2.45) is 0 Å². The highest BCUT2D eigenvalue weighted by Gasteiger charge is 2.32. The maximum Gasteiger partial charge on any atom is 0.433 e. The van der Waals surface area contributed by atoms with Crippen LogP contribution in [0.5, 0.6) is 0 Å². The maximum absolute atomic E-state index is 12.5. The predicted molar refractivity (Wildman–Crippen MR) is 96.6 cm³/mol. The lowest BCUT2D eigenvalue weighted by Gasteiger charge is -2.09. The number of hydrogen-bond acceptors (Lipinski definition) is 4. The van der Waals surface area contributed by atoms with Gasteiger partial charge in [-0.15, -0.1) is 0 Å². The predicted octanol–water partition coefficient (Wildman–Crippen LogP) is 4.07. The molecule has 0 saturated heterocycles. The van der Waals surface area contributed by atoms with E-state index in [1.54, 1.807) is 11.3 Å². The monoisotopic (exact) mass is 394 g/mol. The summed E-state index contributed by atoms with van der Waals surface area (Å²) in [7, 11) is 0. The summed E-state index contributed by atoms with van der Waals surface area (Å²) in [5, 5.41) is 11.2. The molecule has 3 aromatic heterocycles. The second-order valence-corrected chi connectivity index (χ2v) is 6.75. The van der Waals surface area contributed by atoms with Gasteiger partial charge in [-0.1, -0.05) is 0 Å². The number of nitrogens with zero attached hydrogens (tertiary/aromatic N) is 3. The number of amides is 1. The van der Waals surface area contributed by atoms with Crippen LogP contribution in [0.2, 0.25) is 0 Å². The Morgan fingerprint density at radius 2 is 2.04 bits per heavy atom. The van der Waals surface area contributed by atoms with Gasteiger partial charge in [0.05, 0.1) is 17.8 Å². The molecule has 3 aromatic rings. The van der Waals surface area contributed by atoms with Crippen molar-refractivity contribution in [1.29, 1.82) is 0 Å². The Labute approximate surface area is 157 Å². The molecule has 0 spiro atoms. The summed E-state index contributed by atoms with van der Waals surface area (Å²) in [5.74, 6) is -0.476. The molecule has 1 amide bonds. The largest absolute Gasteiger partial charge is 0.433 e. The van der Waals surface area contributed by atoms with Gasteiger partial charge in [-0.2, -0.15) is 29.6 Å². The molecule has 0 unspecified atom stereocenters. The van der Waals surface area contributed by atoms with Crippen molar-refractivity contribution in [3.05, 3.63) is 57.8 Å². The minimum absolute atomic E-state index is 0.0790. The lowest BCUT2D eigenvalue weighted by molar-refractivity contribution is -0.141. The van der Waals surface area contributed by atoms with E-state index in [0.29, 0.717) is 13.1 Å². The van der Waals surface area contributed by atoms with E-state index in [0.717, 1.165) is 40.8 Å². The normalized spacial score (nSPS) is 11.6. The molecule has 0 atom stereocenters. The van der Waals surface area contributed by atoms with Gasteiger partial charge in [0.1, 0.15) is 5.69 Å². The number of carbonyl (C=O) groups excluding carboxylic acids is 1. The molecule has 142 valence electrons. The highest BCUT2D eigenvalue weighted by atomic mass is 32.1. The van der Waals surface area contributed by atoms with Crippen LogP contribution in [0.25, 0.3) is 11.1 Å². The fourth-order valence-corrected chi connectivity index (χ4v) is 3.46. The van der Waals surface area contributed by atoms with E-state index in [1.165, 1.54) is 0 Å². The number of aromatic nitrogens is 3. The highest BCUT2D eigenvalue weighted by molar-refractivity contribution is 7.08. The summed E-state index contributed by atoms with van der Waals surface area (Å²) in [5.41, 5.74) is 3.15. The number of alkyl halides is 3. The third kappa shape index (κ3) is 4.19. The Kier molecular flexibility index (Phi) is 5.31. The first-order valence-corrected chi connectivity index (χ1v) is 9.09. The Morgan fingerprint density at radius 1 is 1.26 bits per heavy atom. The van der Waals surface area contributed by atoms with Crippen molar-refractivity contribution >= 4 is 17.2 Å². The van der Waals surface area contributed by atoms with E-state index in [4.69, 9.17) is 0 Å². The van der Waals surface area contributed by atoms with Gasteiger partial charge >= 0.3 is 6.18 Å². The van der Waals surface area contributed by atoms with Gasteiger partial charge in [0.15, 0.2) is 0 Å². The van der Waals surface area contributed by atoms with Crippen molar-refractivity contribution in [2.45, 2.75) is 26.6 Å². The fourth-order valence-electron chi connectivity index (χ4n) is 2.81. The van der Waals surface area contributed by atoms with E-state index in [2.05, 4.69) is 20.8 Å². The summed E-state index contributed by atoms with van der Waals surface area (Å²) in [6, 6.07) is 3.94. The quantitative estimate of drug-likeness (QED) is 0.710. The zero-order valence-electron chi connectivity index (χ0n) is 14.7. The molecule has 0 aliphatic carbocycles. The molecule has 5 nitrogen and oxygen atoms in total.